The van der Waals surface area contributed by atoms with E-state index in [0.717, 1.165) is 17.9 Å². The third-order valence-corrected chi connectivity index (χ3v) is 7.18. The molecule has 1 aromatic rings. The lowest BCUT2D eigenvalue weighted by Crippen LogP contribution is -2.43. The first-order chi connectivity index (χ1) is 12.5. The van der Waals surface area contributed by atoms with Crippen LogP contribution in [-0.2, 0) is 0 Å². The molecule has 26 heavy (non-hydrogen) atoms. The van der Waals surface area contributed by atoms with Crippen LogP contribution < -0.4 is 0 Å². The van der Waals surface area contributed by atoms with Crippen LogP contribution in [0.15, 0.2) is 29.2 Å². The molecule has 146 valence electrons. The first-order valence-corrected chi connectivity index (χ1v) is 11.6. The number of thioether (sulfide) groups is 1. The molecule has 2 aliphatic heterocycles. The Balaban J connectivity index is 1.45. The average Bonchev–Trinajstić information content (AvgIpc) is 2.62. The van der Waals surface area contributed by atoms with Gasteiger partial charge in [-0.25, -0.2) is 0 Å². The van der Waals surface area contributed by atoms with Gasteiger partial charge in [0, 0.05) is 22.7 Å². The average molecular weight is 375 g/mol. The molecular formula is C23H38N2S. The molecule has 0 spiro atoms. The van der Waals surface area contributed by atoms with Crippen molar-refractivity contribution in [3.63, 3.8) is 0 Å². The summed E-state index contributed by atoms with van der Waals surface area (Å²) in [7, 11) is 0. The smallest absolute Gasteiger partial charge is 0.00774 e. The van der Waals surface area contributed by atoms with Crippen LogP contribution in [0.3, 0.4) is 0 Å². The molecule has 0 aromatic heterocycles. The van der Waals surface area contributed by atoms with Crippen LogP contribution in [0.25, 0.3) is 0 Å². The molecule has 0 atom stereocenters. The van der Waals surface area contributed by atoms with Crippen molar-refractivity contribution < 1.29 is 0 Å². The number of benzene rings is 1. The number of likely N-dealkylation sites (tertiary alicyclic amines) is 2. The van der Waals surface area contributed by atoms with Crippen molar-refractivity contribution in [1.82, 2.24) is 9.80 Å². The summed E-state index contributed by atoms with van der Waals surface area (Å²) in [5.74, 6) is 1.69. The topological polar surface area (TPSA) is 6.48 Å². The third kappa shape index (κ3) is 5.74. The molecule has 0 amide bonds. The van der Waals surface area contributed by atoms with E-state index in [4.69, 9.17) is 0 Å². The van der Waals surface area contributed by atoms with Crippen LogP contribution in [0.5, 0.6) is 0 Å². The van der Waals surface area contributed by atoms with Gasteiger partial charge in [-0.2, -0.15) is 0 Å². The maximum atomic E-state index is 2.75. The van der Waals surface area contributed by atoms with Gasteiger partial charge in [-0.15, -0.1) is 11.8 Å². The lowest BCUT2D eigenvalue weighted by molar-refractivity contribution is 0.111. The molecule has 0 radical (unpaired) electrons. The fourth-order valence-electron chi connectivity index (χ4n) is 4.58. The Morgan fingerprint density at radius 3 is 2.27 bits per heavy atom. The highest BCUT2D eigenvalue weighted by Crippen LogP contribution is 2.32. The van der Waals surface area contributed by atoms with Crippen molar-refractivity contribution in [1.29, 1.82) is 0 Å². The minimum absolute atomic E-state index is 0.661. The van der Waals surface area contributed by atoms with E-state index in [2.05, 4.69) is 61.8 Å². The summed E-state index contributed by atoms with van der Waals surface area (Å²) in [6, 6.07) is 10.1. The van der Waals surface area contributed by atoms with E-state index in [1.165, 1.54) is 63.3 Å². The van der Waals surface area contributed by atoms with Gasteiger partial charge in [0.25, 0.3) is 0 Å². The van der Waals surface area contributed by atoms with Gasteiger partial charge >= 0.3 is 0 Å². The Morgan fingerprint density at radius 2 is 1.65 bits per heavy atom. The van der Waals surface area contributed by atoms with Crippen LogP contribution in [0.1, 0.15) is 64.9 Å². The standard InChI is InChI=1S/C23H38N2S/c1-18(2)25-14-8-20(9-15-25)17-24-12-10-21(11-13-24)22-6-5-7-23(16-22)26-19(3)4/h5-7,16,18-21H,8-15,17H2,1-4H3. The summed E-state index contributed by atoms with van der Waals surface area (Å²) in [5, 5.41) is 0.661. The summed E-state index contributed by atoms with van der Waals surface area (Å²) in [6.07, 6.45) is 5.46. The van der Waals surface area contributed by atoms with Crippen molar-refractivity contribution in [2.75, 3.05) is 32.7 Å². The molecule has 0 aliphatic carbocycles. The van der Waals surface area contributed by atoms with E-state index in [-0.39, 0.29) is 0 Å². The van der Waals surface area contributed by atoms with E-state index in [9.17, 15) is 0 Å². The zero-order valence-electron chi connectivity index (χ0n) is 17.3. The number of hydrogen-bond acceptors (Lipinski definition) is 3. The maximum Gasteiger partial charge on any atom is 0.00774 e. The van der Waals surface area contributed by atoms with Crippen molar-refractivity contribution in [2.24, 2.45) is 5.92 Å². The van der Waals surface area contributed by atoms with Crippen LogP contribution >= 0.6 is 11.8 Å². The predicted octanol–water partition coefficient (Wildman–Crippen LogP) is 5.49. The fraction of sp³-hybridized carbons (Fsp3) is 0.739. The quantitative estimate of drug-likeness (QED) is 0.608. The van der Waals surface area contributed by atoms with Gasteiger partial charge < -0.3 is 9.80 Å². The van der Waals surface area contributed by atoms with Gasteiger partial charge in [-0.05, 0) is 95.2 Å². The molecule has 1 aromatic carbocycles. The first-order valence-electron chi connectivity index (χ1n) is 10.7. The van der Waals surface area contributed by atoms with Crippen LogP contribution in [0, 0.1) is 5.92 Å². The Hall–Kier alpha value is -0.510. The first kappa shape index (κ1) is 20.2. The normalized spacial score (nSPS) is 21.8. The van der Waals surface area contributed by atoms with E-state index >= 15 is 0 Å². The molecule has 3 rings (SSSR count). The van der Waals surface area contributed by atoms with Crippen LogP contribution in [0.2, 0.25) is 0 Å². The zero-order chi connectivity index (χ0) is 18.5. The summed E-state index contributed by atoms with van der Waals surface area (Å²) < 4.78 is 0. The van der Waals surface area contributed by atoms with Gasteiger partial charge in [0.05, 0.1) is 0 Å². The highest BCUT2D eigenvalue weighted by Gasteiger charge is 2.26. The van der Waals surface area contributed by atoms with Crippen molar-refractivity contribution >= 4 is 11.8 Å². The Kier molecular flexibility index (Phi) is 7.48. The van der Waals surface area contributed by atoms with Gasteiger partial charge in [-0.3, -0.25) is 0 Å². The second-order valence-corrected chi connectivity index (χ2v) is 10.5. The highest BCUT2D eigenvalue weighted by atomic mass is 32.2. The second-order valence-electron chi connectivity index (χ2n) is 8.89. The summed E-state index contributed by atoms with van der Waals surface area (Å²) >= 11 is 1.99. The molecule has 0 N–H and O–H groups in total. The lowest BCUT2D eigenvalue weighted by atomic mass is 9.88. The molecule has 2 nitrogen and oxygen atoms in total. The lowest BCUT2D eigenvalue weighted by Gasteiger charge is -2.39. The summed E-state index contributed by atoms with van der Waals surface area (Å²) in [6.45, 7) is 15.7. The van der Waals surface area contributed by atoms with Gasteiger partial charge in [-0.1, -0.05) is 26.0 Å². The summed E-state index contributed by atoms with van der Waals surface area (Å²) in [4.78, 5) is 6.83. The Bertz CT molecular complexity index is 541. The molecular weight excluding hydrogens is 336 g/mol. The molecule has 0 unspecified atom stereocenters. The Labute approximate surface area is 165 Å². The largest absolute Gasteiger partial charge is 0.303 e. The minimum Gasteiger partial charge on any atom is -0.303 e. The summed E-state index contributed by atoms with van der Waals surface area (Å²) in [5.41, 5.74) is 1.57. The monoisotopic (exact) mass is 374 g/mol. The van der Waals surface area contributed by atoms with Crippen molar-refractivity contribution in [2.45, 2.75) is 75.5 Å². The minimum atomic E-state index is 0.661. The molecule has 3 heteroatoms. The number of hydrogen-bond donors (Lipinski definition) is 0. The van der Waals surface area contributed by atoms with Crippen molar-refractivity contribution in [3.05, 3.63) is 29.8 Å². The van der Waals surface area contributed by atoms with E-state index in [0.29, 0.717) is 5.25 Å². The van der Waals surface area contributed by atoms with E-state index in [1.54, 1.807) is 5.56 Å². The third-order valence-electron chi connectivity index (χ3n) is 6.18. The second kappa shape index (κ2) is 9.61. The van der Waals surface area contributed by atoms with Crippen LogP contribution in [0.4, 0.5) is 0 Å². The van der Waals surface area contributed by atoms with Gasteiger partial charge in [0.15, 0.2) is 0 Å². The van der Waals surface area contributed by atoms with E-state index in [1.807, 2.05) is 11.8 Å². The molecule has 2 fully saturated rings. The fourth-order valence-corrected chi connectivity index (χ4v) is 5.49. The maximum absolute atomic E-state index is 2.75. The molecule has 2 saturated heterocycles. The number of rotatable bonds is 6. The molecule has 0 bridgehead atoms. The predicted molar refractivity (Wildman–Crippen MR) is 115 cm³/mol. The highest BCUT2D eigenvalue weighted by molar-refractivity contribution is 7.99. The SMILES string of the molecule is CC(C)Sc1cccc(C2CCN(CC3CCN(C(C)C)CC3)CC2)c1. The van der Waals surface area contributed by atoms with Crippen LogP contribution in [-0.4, -0.2) is 53.8 Å². The zero-order valence-corrected chi connectivity index (χ0v) is 18.1. The molecule has 2 aliphatic rings. The van der Waals surface area contributed by atoms with E-state index < -0.39 is 0 Å². The number of nitrogens with zero attached hydrogens (tertiary/aromatic N) is 2. The van der Waals surface area contributed by atoms with Gasteiger partial charge in [0.1, 0.15) is 0 Å². The Morgan fingerprint density at radius 1 is 0.962 bits per heavy atom. The number of piperidine rings is 2. The molecule has 0 saturated carbocycles. The van der Waals surface area contributed by atoms with Crippen molar-refractivity contribution in [3.8, 4) is 0 Å². The molecule has 2 heterocycles. The van der Waals surface area contributed by atoms with Gasteiger partial charge in [0.2, 0.25) is 0 Å².